The van der Waals surface area contributed by atoms with Crippen LogP contribution in [0.2, 0.25) is 0 Å². The summed E-state index contributed by atoms with van der Waals surface area (Å²) >= 11 is 1.65. The number of aromatic nitrogens is 2. The van der Waals surface area contributed by atoms with Crippen LogP contribution >= 0.6 is 11.3 Å². The van der Waals surface area contributed by atoms with Crippen molar-refractivity contribution in [3.05, 3.63) is 62.0 Å². The summed E-state index contributed by atoms with van der Waals surface area (Å²) in [4.78, 5) is 32.5. The van der Waals surface area contributed by atoms with Gasteiger partial charge < -0.3 is 0 Å². The van der Waals surface area contributed by atoms with E-state index in [0.29, 0.717) is 11.5 Å². The lowest BCUT2D eigenvalue weighted by Crippen LogP contribution is -2.25. The van der Waals surface area contributed by atoms with Gasteiger partial charge >= 0.3 is 0 Å². The van der Waals surface area contributed by atoms with Gasteiger partial charge in [-0.3, -0.25) is 14.2 Å². The SMILES string of the molecule is C[C@@H]1CCc2c(sc3ncn(CC(=O)c4ccc5c(c4)CCC5)c(=O)c23)C1. The summed E-state index contributed by atoms with van der Waals surface area (Å²) in [6.45, 7) is 2.32. The van der Waals surface area contributed by atoms with Crippen LogP contribution in [0.15, 0.2) is 29.3 Å². The molecular formula is C22H22N2O2S. The molecule has 138 valence electrons. The predicted molar refractivity (Wildman–Crippen MR) is 108 cm³/mol. The van der Waals surface area contributed by atoms with Crippen LogP contribution in [-0.4, -0.2) is 15.3 Å². The third-order valence-electron chi connectivity index (χ3n) is 6.02. The Balaban J connectivity index is 1.49. The van der Waals surface area contributed by atoms with Crippen LogP contribution in [0.25, 0.3) is 10.2 Å². The van der Waals surface area contributed by atoms with Gasteiger partial charge in [0.15, 0.2) is 5.78 Å². The van der Waals surface area contributed by atoms with Crippen molar-refractivity contribution in [2.24, 2.45) is 5.92 Å². The van der Waals surface area contributed by atoms with E-state index < -0.39 is 0 Å². The highest BCUT2D eigenvalue weighted by Gasteiger charge is 2.23. The topological polar surface area (TPSA) is 52.0 Å². The maximum atomic E-state index is 13.1. The number of ketones is 1. The van der Waals surface area contributed by atoms with Crippen LogP contribution in [0.3, 0.4) is 0 Å². The Morgan fingerprint density at radius 1 is 1.26 bits per heavy atom. The van der Waals surface area contributed by atoms with Gasteiger partial charge in [0.05, 0.1) is 18.3 Å². The standard InChI is InChI=1S/C22H22N2O2S/c1-13-5-8-17-19(9-13)27-21-20(17)22(26)24(12-23-21)11-18(25)16-7-6-14-3-2-4-15(14)10-16/h6-7,10,12-13H,2-5,8-9,11H2,1H3/t13-/m1/s1. The summed E-state index contributed by atoms with van der Waals surface area (Å²) in [5.41, 5.74) is 4.43. The molecule has 2 aliphatic carbocycles. The highest BCUT2D eigenvalue weighted by molar-refractivity contribution is 7.18. The van der Waals surface area contributed by atoms with E-state index in [4.69, 9.17) is 0 Å². The van der Waals surface area contributed by atoms with Gasteiger partial charge in [0, 0.05) is 10.4 Å². The number of hydrogen-bond acceptors (Lipinski definition) is 4. The molecule has 1 atom stereocenters. The molecule has 2 aromatic heterocycles. The molecule has 3 aromatic rings. The molecule has 0 radical (unpaired) electrons. The van der Waals surface area contributed by atoms with E-state index in [1.54, 1.807) is 17.7 Å². The quantitative estimate of drug-likeness (QED) is 0.649. The lowest BCUT2D eigenvalue weighted by molar-refractivity contribution is 0.0970. The molecule has 4 nitrogen and oxygen atoms in total. The van der Waals surface area contributed by atoms with Crippen molar-refractivity contribution in [1.29, 1.82) is 0 Å². The van der Waals surface area contributed by atoms with E-state index in [1.807, 2.05) is 12.1 Å². The van der Waals surface area contributed by atoms with Crippen molar-refractivity contribution < 1.29 is 4.79 Å². The summed E-state index contributed by atoms with van der Waals surface area (Å²) in [7, 11) is 0. The Labute approximate surface area is 161 Å². The van der Waals surface area contributed by atoms with Gasteiger partial charge in [-0.25, -0.2) is 4.98 Å². The maximum Gasteiger partial charge on any atom is 0.262 e. The number of benzene rings is 1. The van der Waals surface area contributed by atoms with Crippen molar-refractivity contribution in [1.82, 2.24) is 9.55 Å². The van der Waals surface area contributed by atoms with Crippen molar-refractivity contribution in [3.8, 4) is 0 Å². The number of thiophene rings is 1. The number of rotatable bonds is 3. The molecular weight excluding hydrogens is 356 g/mol. The van der Waals surface area contributed by atoms with E-state index in [1.165, 1.54) is 26.1 Å². The molecule has 5 rings (SSSR count). The van der Waals surface area contributed by atoms with Crippen molar-refractivity contribution >= 4 is 27.3 Å². The molecule has 2 heterocycles. The molecule has 0 N–H and O–H groups in total. The summed E-state index contributed by atoms with van der Waals surface area (Å²) in [5, 5.41) is 0.742. The number of carbonyl (C=O) groups excluding carboxylic acids is 1. The molecule has 0 saturated carbocycles. The number of fused-ring (bicyclic) bond motifs is 4. The first-order valence-electron chi connectivity index (χ1n) is 9.75. The molecule has 0 unspecified atom stereocenters. The van der Waals surface area contributed by atoms with E-state index in [9.17, 15) is 9.59 Å². The average molecular weight is 378 g/mol. The second kappa shape index (κ2) is 6.41. The van der Waals surface area contributed by atoms with Gasteiger partial charge in [-0.2, -0.15) is 0 Å². The zero-order chi connectivity index (χ0) is 18.5. The second-order valence-electron chi connectivity index (χ2n) is 7.97. The van der Waals surface area contributed by atoms with Crippen LogP contribution in [0, 0.1) is 5.92 Å². The largest absolute Gasteiger partial charge is 0.292 e. The normalized spacial score (nSPS) is 18.5. The van der Waals surface area contributed by atoms with Gasteiger partial charge in [0.25, 0.3) is 5.56 Å². The Kier molecular flexibility index (Phi) is 4.01. The van der Waals surface area contributed by atoms with Crippen LogP contribution in [0.1, 0.15) is 51.7 Å². The maximum absolute atomic E-state index is 13.1. The van der Waals surface area contributed by atoms with E-state index in [2.05, 4.69) is 18.0 Å². The van der Waals surface area contributed by atoms with E-state index >= 15 is 0 Å². The first-order valence-corrected chi connectivity index (χ1v) is 10.6. The number of Topliss-reactive ketones (excluding diaryl/α,β-unsaturated/α-hetero) is 1. The van der Waals surface area contributed by atoms with Gasteiger partial charge in [-0.1, -0.05) is 19.1 Å². The van der Waals surface area contributed by atoms with Crippen molar-refractivity contribution in [3.63, 3.8) is 0 Å². The van der Waals surface area contributed by atoms with Gasteiger partial charge in [0.1, 0.15) is 4.83 Å². The Bertz CT molecular complexity index is 1130. The molecule has 0 bridgehead atoms. The molecule has 0 amide bonds. The minimum Gasteiger partial charge on any atom is -0.292 e. The average Bonchev–Trinajstić information content (AvgIpc) is 3.27. The Morgan fingerprint density at radius 2 is 2.11 bits per heavy atom. The summed E-state index contributed by atoms with van der Waals surface area (Å²) in [5.74, 6) is 0.639. The van der Waals surface area contributed by atoms with Gasteiger partial charge in [-0.15, -0.1) is 11.3 Å². The number of carbonyl (C=O) groups is 1. The van der Waals surface area contributed by atoms with Crippen molar-refractivity contribution in [2.45, 2.75) is 52.0 Å². The first kappa shape index (κ1) is 16.9. The summed E-state index contributed by atoms with van der Waals surface area (Å²) in [6.07, 6.45) is 7.94. The summed E-state index contributed by atoms with van der Waals surface area (Å²) < 4.78 is 1.49. The highest BCUT2D eigenvalue weighted by atomic mass is 32.1. The van der Waals surface area contributed by atoms with E-state index in [0.717, 1.165) is 48.7 Å². The number of aryl methyl sites for hydroxylation is 3. The Hall–Kier alpha value is -2.27. The second-order valence-corrected chi connectivity index (χ2v) is 9.05. The fourth-order valence-corrected chi connectivity index (χ4v) is 5.81. The molecule has 0 fully saturated rings. The molecule has 0 saturated heterocycles. The van der Waals surface area contributed by atoms with Crippen LogP contribution in [0.5, 0.6) is 0 Å². The third kappa shape index (κ3) is 2.85. The number of nitrogens with zero attached hydrogens (tertiary/aromatic N) is 2. The van der Waals surface area contributed by atoms with Crippen LogP contribution in [-0.2, 0) is 32.2 Å². The molecule has 0 spiro atoms. The van der Waals surface area contributed by atoms with E-state index in [-0.39, 0.29) is 17.9 Å². The van der Waals surface area contributed by atoms with Crippen LogP contribution in [0.4, 0.5) is 0 Å². The fourth-order valence-electron chi connectivity index (χ4n) is 4.47. The zero-order valence-electron chi connectivity index (χ0n) is 15.5. The molecule has 1 aromatic carbocycles. The van der Waals surface area contributed by atoms with Crippen molar-refractivity contribution in [2.75, 3.05) is 0 Å². The summed E-state index contributed by atoms with van der Waals surface area (Å²) in [6, 6.07) is 5.98. The highest BCUT2D eigenvalue weighted by Crippen LogP contribution is 2.35. The minimum absolute atomic E-state index is 0.0225. The first-order chi connectivity index (χ1) is 13.1. The fraction of sp³-hybridized carbons (Fsp3) is 0.409. The molecule has 27 heavy (non-hydrogen) atoms. The minimum atomic E-state index is -0.0680. The third-order valence-corrected chi connectivity index (χ3v) is 7.18. The monoisotopic (exact) mass is 378 g/mol. The number of hydrogen-bond donors (Lipinski definition) is 0. The van der Waals surface area contributed by atoms with Gasteiger partial charge in [-0.05, 0) is 67.2 Å². The molecule has 2 aliphatic rings. The lowest BCUT2D eigenvalue weighted by atomic mass is 9.89. The lowest BCUT2D eigenvalue weighted by Gasteiger charge is -2.17. The van der Waals surface area contributed by atoms with Gasteiger partial charge in [0.2, 0.25) is 0 Å². The Morgan fingerprint density at radius 3 is 3.00 bits per heavy atom. The van der Waals surface area contributed by atoms with Crippen LogP contribution < -0.4 is 5.56 Å². The smallest absolute Gasteiger partial charge is 0.262 e. The zero-order valence-corrected chi connectivity index (χ0v) is 16.3. The predicted octanol–water partition coefficient (Wildman–Crippen LogP) is 3.95. The molecule has 0 aliphatic heterocycles. The molecule has 5 heteroatoms.